The molecular weight excluding hydrogens is 612 g/mol. The number of carbonyl (C=O) groups excluding carboxylic acids is 4. The van der Waals surface area contributed by atoms with Crippen molar-refractivity contribution in [1.29, 1.82) is 0 Å². The van der Waals surface area contributed by atoms with Gasteiger partial charge in [-0.2, -0.15) is 0 Å². The van der Waals surface area contributed by atoms with Crippen molar-refractivity contribution in [3.05, 3.63) is 58.4 Å². The van der Waals surface area contributed by atoms with Crippen LogP contribution in [0.1, 0.15) is 33.3 Å². The fraction of sp³-hybridized carbons (Fsp3) is 0.387. The molecule has 1 fully saturated rings. The van der Waals surface area contributed by atoms with Gasteiger partial charge in [0, 0.05) is 33.8 Å². The minimum absolute atomic E-state index is 0.00264. The number of rotatable bonds is 11. The largest absolute Gasteiger partial charge is 0.504 e. The van der Waals surface area contributed by atoms with Crippen LogP contribution in [-0.4, -0.2) is 73.4 Å². The highest BCUT2D eigenvalue weighted by Crippen LogP contribution is 2.36. The Balaban J connectivity index is 1.64. The Bertz CT molecular complexity index is 1640. The van der Waals surface area contributed by atoms with Crippen LogP contribution >= 0.6 is 0 Å². The van der Waals surface area contributed by atoms with Gasteiger partial charge in [0.25, 0.3) is 0 Å². The van der Waals surface area contributed by atoms with Crippen LogP contribution in [0.5, 0.6) is 23.0 Å². The average molecular weight is 645 g/mol. The molecule has 5 atom stereocenters. The van der Waals surface area contributed by atoms with Gasteiger partial charge >= 0.3 is 29.5 Å². The first-order valence-electron chi connectivity index (χ1n) is 13.9. The fourth-order valence-corrected chi connectivity index (χ4v) is 4.64. The maximum Gasteiger partial charge on any atom is 0.383 e. The number of esters is 4. The number of benzene rings is 2. The fourth-order valence-electron chi connectivity index (χ4n) is 4.64. The molecule has 4 rings (SSSR count). The zero-order valence-corrected chi connectivity index (χ0v) is 25.5. The van der Waals surface area contributed by atoms with Crippen LogP contribution in [0.4, 0.5) is 0 Å². The van der Waals surface area contributed by atoms with E-state index in [9.17, 15) is 29.1 Å². The standard InChI is InChI=1S/C31H32O15/c1-15(32)39-14-24-26(41-16(2)33)28(42-17(3)34)29(43-18(4)35)31(46-24)44-21-10-11-22-23(12-21)45-30(37)27(25(22)36)40-13-19-6-8-20(38-5)9-7-19/h6-12,24,26,28-29,31,36H,13-14H2,1-5H3/t24-,26-,28+,29-,31-/m1/s1. The number of aromatic hydroxyl groups is 1. The molecule has 0 unspecified atom stereocenters. The summed E-state index contributed by atoms with van der Waals surface area (Å²) in [6.45, 7) is 3.95. The quantitative estimate of drug-likeness (QED) is 0.182. The van der Waals surface area contributed by atoms with Gasteiger partial charge in [-0.3, -0.25) is 19.2 Å². The summed E-state index contributed by atoms with van der Waals surface area (Å²) in [5.41, 5.74) is -0.362. The van der Waals surface area contributed by atoms with E-state index in [1.807, 2.05) is 0 Å². The van der Waals surface area contributed by atoms with Crippen LogP contribution in [0.25, 0.3) is 11.0 Å². The molecule has 1 N–H and O–H groups in total. The van der Waals surface area contributed by atoms with E-state index in [2.05, 4.69) is 0 Å². The third-order valence-electron chi connectivity index (χ3n) is 6.55. The van der Waals surface area contributed by atoms with E-state index in [1.54, 1.807) is 24.3 Å². The normalized spacial score (nSPS) is 20.7. The van der Waals surface area contributed by atoms with E-state index < -0.39 is 78.3 Å². The second kappa shape index (κ2) is 14.6. The van der Waals surface area contributed by atoms with E-state index in [0.717, 1.165) is 27.7 Å². The maximum atomic E-state index is 12.8. The van der Waals surface area contributed by atoms with Crippen molar-refractivity contribution in [2.45, 2.75) is 65.0 Å². The molecule has 46 heavy (non-hydrogen) atoms. The molecular formula is C31H32O15. The van der Waals surface area contributed by atoms with Gasteiger partial charge in [-0.05, 0) is 29.8 Å². The van der Waals surface area contributed by atoms with Crippen molar-refractivity contribution in [2.75, 3.05) is 13.7 Å². The van der Waals surface area contributed by atoms with Crippen molar-refractivity contribution >= 4 is 34.8 Å². The number of methoxy groups -OCH3 is 1. The Morgan fingerprint density at radius 2 is 1.41 bits per heavy atom. The molecule has 15 nitrogen and oxygen atoms in total. The number of hydrogen-bond acceptors (Lipinski definition) is 15. The number of ether oxygens (including phenoxy) is 8. The zero-order valence-electron chi connectivity index (χ0n) is 25.5. The maximum absolute atomic E-state index is 12.8. The van der Waals surface area contributed by atoms with Crippen LogP contribution in [0.15, 0.2) is 51.7 Å². The van der Waals surface area contributed by atoms with Crippen molar-refractivity contribution in [1.82, 2.24) is 0 Å². The highest BCUT2D eigenvalue weighted by Gasteiger charge is 2.53. The highest BCUT2D eigenvalue weighted by molar-refractivity contribution is 5.86. The third kappa shape index (κ3) is 8.24. The summed E-state index contributed by atoms with van der Waals surface area (Å²) in [5.74, 6) is -3.31. The molecule has 15 heteroatoms. The van der Waals surface area contributed by atoms with Gasteiger partial charge in [0.05, 0.1) is 12.5 Å². The van der Waals surface area contributed by atoms with Crippen molar-refractivity contribution in [2.24, 2.45) is 0 Å². The molecule has 2 aromatic carbocycles. The monoisotopic (exact) mass is 644 g/mol. The van der Waals surface area contributed by atoms with Crippen molar-refractivity contribution in [3.8, 4) is 23.0 Å². The molecule has 1 aromatic heterocycles. The number of fused-ring (bicyclic) bond motifs is 1. The van der Waals surface area contributed by atoms with Gasteiger partial charge in [-0.1, -0.05) is 12.1 Å². The van der Waals surface area contributed by atoms with E-state index >= 15 is 0 Å². The second-order valence-electron chi connectivity index (χ2n) is 10.0. The van der Waals surface area contributed by atoms with Gasteiger partial charge in [0.15, 0.2) is 18.0 Å². The van der Waals surface area contributed by atoms with E-state index in [0.29, 0.717) is 11.3 Å². The molecule has 0 aliphatic carbocycles. The molecule has 0 amide bonds. The number of hydrogen-bond donors (Lipinski definition) is 1. The Kier molecular flexibility index (Phi) is 10.7. The lowest BCUT2D eigenvalue weighted by Gasteiger charge is -2.43. The van der Waals surface area contributed by atoms with Crippen LogP contribution in [-0.2, 0) is 49.5 Å². The molecule has 0 bridgehead atoms. The summed E-state index contributed by atoms with van der Waals surface area (Å²) in [5, 5.41) is 11.0. The summed E-state index contributed by atoms with van der Waals surface area (Å²) in [6, 6.07) is 10.9. The summed E-state index contributed by atoms with van der Waals surface area (Å²) in [6.07, 6.45) is -7.05. The van der Waals surface area contributed by atoms with Crippen LogP contribution < -0.4 is 19.8 Å². The van der Waals surface area contributed by atoms with Gasteiger partial charge in [0.2, 0.25) is 18.1 Å². The molecule has 2 heterocycles. The summed E-state index contributed by atoms with van der Waals surface area (Å²) in [7, 11) is 1.53. The molecule has 0 radical (unpaired) electrons. The molecule has 1 aliphatic heterocycles. The van der Waals surface area contributed by atoms with Gasteiger partial charge < -0.3 is 47.4 Å². The second-order valence-corrected chi connectivity index (χ2v) is 10.0. The molecule has 246 valence electrons. The zero-order chi connectivity index (χ0) is 33.5. The van der Waals surface area contributed by atoms with Crippen LogP contribution in [0.2, 0.25) is 0 Å². The lowest BCUT2D eigenvalue weighted by Crippen LogP contribution is -2.63. The Morgan fingerprint density at radius 3 is 2.02 bits per heavy atom. The molecule has 0 spiro atoms. The molecule has 1 saturated heterocycles. The minimum Gasteiger partial charge on any atom is -0.504 e. The van der Waals surface area contributed by atoms with E-state index in [-0.39, 0.29) is 23.3 Å². The summed E-state index contributed by atoms with van der Waals surface area (Å²) >= 11 is 0. The molecule has 1 aliphatic rings. The summed E-state index contributed by atoms with van der Waals surface area (Å²) < 4.78 is 49.1. The van der Waals surface area contributed by atoms with Crippen LogP contribution in [0.3, 0.4) is 0 Å². The first-order chi connectivity index (χ1) is 21.9. The Hall–Kier alpha value is -5.31. The van der Waals surface area contributed by atoms with E-state index in [4.69, 9.17) is 42.3 Å². The van der Waals surface area contributed by atoms with Gasteiger partial charge in [0.1, 0.15) is 36.4 Å². The first kappa shape index (κ1) is 33.6. The predicted octanol–water partition coefficient (Wildman–Crippen LogP) is 2.55. The smallest absolute Gasteiger partial charge is 0.383 e. The van der Waals surface area contributed by atoms with E-state index in [1.165, 1.54) is 25.3 Å². The lowest BCUT2D eigenvalue weighted by molar-refractivity contribution is -0.288. The van der Waals surface area contributed by atoms with Gasteiger partial charge in [-0.25, -0.2) is 4.79 Å². The average Bonchev–Trinajstić information content (AvgIpc) is 2.98. The topological polar surface area (TPSA) is 193 Å². The highest BCUT2D eigenvalue weighted by atomic mass is 16.7. The predicted molar refractivity (Wildman–Crippen MR) is 154 cm³/mol. The van der Waals surface area contributed by atoms with Crippen molar-refractivity contribution < 1.29 is 66.6 Å². The third-order valence-corrected chi connectivity index (χ3v) is 6.55. The SMILES string of the molecule is COc1ccc(COc2c(O)c3ccc(O[C@@H]4O[C@H](COC(C)=O)[C@@H](OC(C)=O)[C@H](OC(C)=O)[C@H]4OC(C)=O)cc3oc2=O)cc1. The Morgan fingerprint density at radius 1 is 0.804 bits per heavy atom. The molecule has 3 aromatic rings. The van der Waals surface area contributed by atoms with Crippen molar-refractivity contribution in [3.63, 3.8) is 0 Å². The number of carbonyl (C=O) groups is 4. The van der Waals surface area contributed by atoms with Gasteiger partial charge in [-0.15, -0.1) is 0 Å². The molecule has 0 saturated carbocycles. The minimum atomic E-state index is -1.52. The Labute approximate surface area is 261 Å². The summed E-state index contributed by atoms with van der Waals surface area (Å²) in [4.78, 5) is 60.4. The first-order valence-corrected chi connectivity index (χ1v) is 13.9. The lowest BCUT2D eigenvalue weighted by atomic mass is 9.98. The van der Waals surface area contributed by atoms with Crippen LogP contribution in [0, 0.1) is 0 Å².